The monoisotopic (exact) mass is 251 g/mol. The van der Waals surface area contributed by atoms with Crippen LogP contribution in [0.3, 0.4) is 0 Å². The maximum atomic E-state index is 11.1. The van der Waals surface area contributed by atoms with Gasteiger partial charge in [0.15, 0.2) is 0 Å². The third-order valence-electron chi connectivity index (χ3n) is 3.05. The lowest BCUT2D eigenvalue weighted by Crippen LogP contribution is -1.96. The van der Waals surface area contributed by atoms with Crippen LogP contribution in [0.5, 0.6) is 0 Å². The van der Waals surface area contributed by atoms with Gasteiger partial charge in [0.1, 0.15) is 6.29 Å². The maximum absolute atomic E-state index is 11.1. The predicted molar refractivity (Wildman–Crippen MR) is 78.5 cm³/mol. The normalized spacial score (nSPS) is 11.3. The van der Waals surface area contributed by atoms with Gasteiger partial charge in [0.2, 0.25) is 0 Å². The number of aldehydes is 1. The summed E-state index contributed by atoms with van der Waals surface area (Å²) in [6.07, 6.45) is 3.61. The molecule has 2 aromatic carbocycles. The highest BCUT2D eigenvalue weighted by molar-refractivity contribution is 6.06. The lowest BCUT2D eigenvalue weighted by atomic mass is 10.0. The first-order chi connectivity index (χ1) is 9.33. The summed E-state index contributed by atoms with van der Waals surface area (Å²) in [5, 5.41) is 0. The minimum atomic E-state index is 0.555. The zero-order valence-corrected chi connectivity index (χ0v) is 10.8. The number of carbonyl (C=O) groups is 1. The molecular weight excluding hydrogens is 234 g/mol. The first-order valence-corrected chi connectivity index (χ1v) is 6.32. The van der Waals surface area contributed by atoms with Crippen LogP contribution in [0.4, 0.5) is 0 Å². The molecule has 2 N–H and O–H groups in total. The van der Waals surface area contributed by atoms with E-state index in [0.717, 1.165) is 29.4 Å². The van der Waals surface area contributed by atoms with Crippen molar-refractivity contribution in [3.8, 4) is 0 Å². The van der Waals surface area contributed by atoms with Crippen LogP contribution in [0.15, 0.2) is 60.7 Å². The van der Waals surface area contributed by atoms with Crippen molar-refractivity contribution in [1.29, 1.82) is 0 Å². The summed E-state index contributed by atoms with van der Waals surface area (Å²) < 4.78 is 0. The summed E-state index contributed by atoms with van der Waals surface area (Å²) in [7, 11) is 0. The second kappa shape index (κ2) is 6.66. The van der Waals surface area contributed by atoms with E-state index in [0.29, 0.717) is 6.54 Å². The quantitative estimate of drug-likeness (QED) is 0.655. The average Bonchev–Trinajstić information content (AvgIpc) is 2.49. The first kappa shape index (κ1) is 13.2. The minimum Gasteiger partial charge on any atom is -0.326 e. The number of carbonyl (C=O) groups excluding carboxylic acids is 1. The Morgan fingerprint density at radius 3 is 2.16 bits per heavy atom. The lowest BCUT2D eigenvalue weighted by molar-refractivity contribution is -0.103. The molecule has 2 heteroatoms. The molecule has 96 valence electrons. The second-order valence-corrected chi connectivity index (χ2v) is 4.37. The van der Waals surface area contributed by atoms with Gasteiger partial charge in [0.05, 0.1) is 0 Å². The first-order valence-electron chi connectivity index (χ1n) is 6.32. The molecule has 0 atom stereocenters. The van der Waals surface area contributed by atoms with E-state index in [1.807, 2.05) is 60.7 Å². The van der Waals surface area contributed by atoms with Gasteiger partial charge < -0.3 is 5.73 Å². The van der Waals surface area contributed by atoms with Crippen molar-refractivity contribution in [2.24, 2.45) is 5.73 Å². The highest BCUT2D eigenvalue weighted by Gasteiger charge is 1.99. The van der Waals surface area contributed by atoms with Gasteiger partial charge in [-0.25, -0.2) is 0 Å². The van der Waals surface area contributed by atoms with E-state index >= 15 is 0 Å². The SMILES string of the molecule is NCc1ccc(CC=C(C=O)c2ccccc2)cc1. The van der Waals surface area contributed by atoms with Crippen LogP contribution in [0.2, 0.25) is 0 Å². The topological polar surface area (TPSA) is 43.1 Å². The van der Waals surface area contributed by atoms with Crippen molar-refractivity contribution in [2.45, 2.75) is 13.0 Å². The molecule has 2 aromatic rings. The van der Waals surface area contributed by atoms with Crippen LogP contribution in [-0.2, 0) is 17.8 Å². The molecule has 0 unspecified atom stereocenters. The molecule has 0 saturated heterocycles. The minimum absolute atomic E-state index is 0.555. The van der Waals surface area contributed by atoms with Gasteiger partial charge in [-0.15, -0.1) is 0 Å². The number of rotatable bonds is 5. The summed E-state index contributed by atoms with van der Waals surface area (Å²) in [6, 6.07) is 17.8. The molecular formula is C17H17NO. The van der Waals surface area contributed by atoms with E-state index in [9.17, 15) is 4.79 Å². The van der Waals surface area contributed by atoms with E-state index in [1.165, 1.54) is 5.56 Å². The Morgan fingerprint density at radius 2 is 1.58 bits per heavy atom. The molecule has 0 fully saturated rings. The molecule has 0 radical (unpaired) electrons. The molecule has 19 heavy (non-hydrogen) atoms. The van der Waals surface area contributed by atoms with Crippen LogP contribution in [0.1, 0.15) is 16.7 Å². The fourth-order valence-electron chi connectivity index (χ4n) is 1.90. The van der Waals surface area contributed by atoms with Crippen molar-refractivity contribution in [1.82, 2.24) is 0 Å². The van der Waals surface area contributed by atoms with E-state index in [4.69, 9.17) is 5.73 Å². The Bertz CT molecular complexity index is 556. The molecule has 0 heterocycles. The molecule has 0 aromatic heterocycles. The molecule has 0 bridgehead atoms. The highest BCUT2D eigenvalue weighted by Crippen LogP contribution is 2.13. The summed E-state index contributed by atoms with van der Waals surface area (Å²) in [4.78, 5) is 11.1. The molecule has 0 spiro atoms. The average molecular weight is 251 g/mol. The Morgan fingerprint density at radius 1 is 0.947 bits per heavy atom. The Labute approximate surface area is 113 Å². The number of nitrogens with two attached hydrogens (primary N) is 1. The summed E-state index contributed by atoms with van der Waals surface area (Å²) in [5.74, 6) is 0. The molecule has 0 aliphatic rings. The van der Waals surface area contributed by atoms with Gasteiger partial charge in [-0.1, -0.05) is 60.7 Å². The van der Waals surface area contributed by atoms with Crippen LogP contribution in [0.25, 0.3) is 5.57 Å². The van der Waals surface area contributed by atoms with Gasteiger partial charge in [-0.05, 0) is 23.1 Å². The van der Waals surface area contributed by atoms with Crippen molar-refractivity contribution in [2.75, 3.05) is 0 Å². The smallest absolute Gasteiger partial charge is 0.150 e. The Hall–Kier alpha value is -2.19. The largest absolute Gasteiger partial charge is 0.326 e. The zero-order chi connectivity index (χ0) is 13.5. The van der Waals surface area contributed by atoms with Crippen molar-refractivity contribution in [3.05, 3.63) is 77.4 Å². The third kappa shape index (κ3) is 3.63. The second-order valence-electron chi connectivity index (χ2n) is 4.37. The summed E-state index contributed by atoms with van der Waals surface area (Å²) in [5.41, 5.74) is 9.53. The zero-order valence-electron chi connectivity index (χ0n) is 10.8. The molecule has 0 saturated carbocycles. The van der Waals surface area contributed by atoms with Crippen molar-refractivity contribution in [3.63, 3.8) is 0 Å². The molecule has 2 rings (SSSR count). The van der Waals surface area contributed by atoms with Crippen molar-refractivity contribution < 1.29 is 4.79 Å². The van der Waals surface area contributed by atoms with Crippen molar-refractivity contribution >= 4 is 11.9 Å². The van der Waals surface area contributed by atoms with Gasteiger partial charge in [-0.3, -0.25) is 4.79 Å². The third-order valence-corrected chi connectivity index (χ3v) is 3.05. The maximum Gasteiger partial charge on any atom is 0.150 e. The molecule has 0 aliphatic heterocycles. The lowest BCUT2D eigenvalue weighted by Gasteiger charge is -2.02. The van der Waals surface area contributed by atoms with Crippen LogP contribution in [0, 0.1) is 0 Å². The van der Waals surface area contributed by atoms with E-state index in [2.05, 4.69) is 0 Å². The number of benzene rings is 2. The highest BCUT2D eigenvalue weighted by atomic mass is 16.1. The molecule has 2 nitrogen and oxygen atoms in total. The van der Waals surface area contributed by atoms with Gasteiger partial charge in [-0.2, -0.15) is 0 Å². The predicted octanol–water partition coefficient (Wildman–Crippen LogP) is 2.97. The van der Waals surface area contributed by atoms with E-state index in [1.54, 1.807) is 0 Å². The van der Waals surface area contributed by atoms with Crippen LogP contribution >= 0.6 is 0 Å². The van der Waals surface area contributed by atoms with Gasteiger partial charge in [0.25, 0.3) is 0 Å². The molecule has 0 aliphatic carbocycles. The standard InChI is InChI=1S/C17H17NO/c18-12-15-8-6-14(7-9-15)10-11-17(13-19)16-4-2-1-3-5-16/h1-9,11,13H,10,12,18H2. The number of hydrogen-bond acceptors (Lipinski definition) is 2. The fourth-order valence-corrected chi connectivity index (χ4v) is 1.90. The Balaban J connectivity index is 2.13. The van der Waals surface area contributed by atoms with E-state index < -0.39 is 0 Å². The number of hydrogen-bond donors (Lipinski definition) is 1. The Kier molecular flexibility index (Phi) is 4.65. The van der Waals surface area contributed by atoms with E-state index in [-0.39, 0.29) is 0 Å². The summed E-state index contributed by atoms with van der Waals surface area (Å²) >= 11 is 0. The fraction of sp³-hybridized carbons (Fsp3) is 0.118. The van der Waals surface area contributed by atoms with Crippen LogP contribution in [-0.4, -0.2) is 6.29 Å². The molecule has 0 amide bonds. The summed E-state index contributed by atoms with van der Waals surface area (Å²) in [6.45, 7) is 0.555. The van der Waals surface area contributed by atoms with Crippen LogP contribution < -0.4 is 5.73 Å². The van der Waals surface area contributed by atoms with Gasteiger partial charge >= 0.3 is 0 Å². The van der Waals surface area contributed by atoms with Gasteiger partial charge in [0, 0.05) is 12.1 Å². The number of allylic oxidation sites excluding steroid dienone is 2.